The maximum absolute atomic E-state index is 5.89. The molecule has 0 spiro atoms. The van der Waals surface area contributed by atoms with Gasteiger partial charge >= 0.3 is 0 Å². The van der Waals surface area contributed by atoms with E-state index in [1.54, 1.807) is 0 Å². The van der Waals surface area contributed by atoms with Crippen molar-refractivity contribution < 1.29 is 4.74 Å². The molecule has 0 atom stereocenters. The summed E-state index contributed by atoms with van der Waals surface area (Å²) < 4.78 is 5.89. The van der Waals surface area contributed by atoms with Crippen LogP contribution in [0.1, 0.15) is 18.4 Å². The first-order valence-electron chi connectivity index (χ1n) is 7.97. The minimum Gasteiger partial charge on any atom is -0.492 e. The number of rotatable bonds is 7. The van der Waals surface area contributed by atoms with Crippen LogP contribution >= 0.6 is 0 Å². The number of para-hydroxylation sites is 1. The van der Waals surface area contributed by atoms with Gasteiger partial charge in [-0.15, -0.1) is 0 Å². The van der Waals surface area contributed by atoms with Crippen molar-refractivity contribution in [1.29, 1.82) is 0 Å². The molecule has 0 aliphatic carbocycles. The van der Waals surface area contributed by atoms with Crippen LogP contribution < -0.4 is 10.5 Å². The summed E-state index contributed by atoms with van der Waals surface area (Å²) in [5.41, 5.74) is 6.81. The zero-order chi connectivity index (χ0) is 15.1. The first-order chi connectivity index (χ1) is 10.2. The Balaban J connectivity index is 1.68. The number of likely N-dealkylation sites (tertiary alicyclic amines) is 1. The molecule has 1 heterocycles. The van der Waals surface area contributed by atoms with E-state index in [0.29, 0.717) is 6.54 Å². The maximum Gasteiger partial charge on any atom is 0.123 e. The molecule has 2 rings (SSSR count). The van der Waals surface area contributed by atoms with Crippen LogP contribution in [0, 0.1) is 5.92 Å². The van der Waals surface area contributed by atoms with Gasteiger partial charge in [-0.3, -0.25) is 4.90 Å². The highest BCUT2D eigenvalue weighted by atomic mass is 16.5. The SMILES string of the molecule is CN(C)CC1CCN(CCOc2ccccc2CN)CC1. The summed E-state index contributed by atoms with van der Waals surface area (Å²) in [6.45, 7) is 5.89. The normalized spacial score (nSPS) is 17.3. The molecule has 1 saturated heterocycles. The van der Waals surface area contributed by atoms with E-state index >= 15 is 0 Å². The van der Waals surface area contributed by atoms with Gasteiger partial charge in [-0.2, -0.15) is 0 Å². The fraction of sp³-hybridized carbons (Fsp3) is 0.647. The average Bonchev–Trinajstić information content (AvgIpc) is 2.49. The maximum atomic E-state index is 5.89. The zero-order valence-corrected chi connectivity index (χ0v) is 13.4. The smallest absolute Gasteiger partial charge is 0.123 e. The molecular formula is C17H29N3O. The molecule has 0 unspecified atom stereocenters. The average molecular weight is 291 g/mol. The Morgan fingerprint density at radius 2 is 1.95 bits per heavy atom. The molecule has 1 aliphatic heterocycles. The third-order valence-electron chi connectivity index (χ3n) is 4.19. The lowest BCUT2D eigenvalue weighted by atomic mass is 9.96. The predicted octanol–water partition coefficient (Wildman–Crippen LogP) is 1.80. The Morgan fingerprint density at radius 3 is 2.62 bits per heavy atom. The summed E-state index contributed by atoms with van der Waals surface area (Å²) >= 11 is 0. The van der Waals surface area contributed by atoms with Gasteiger partial charge in [-0.05, 0) is 52.0 Å². The Hall–Kier alpha value is -1.10. The fourth-order valence-electron chi connectivity index (χ4n) is 3.01. The van der Waals surface area contributed by atoms with E-state index in [0.717, 1.165) is 30.4 Å². The van der Waals surface area contributed by atoms with Crippen molar-refractivity contribution in [2.24, 2.45) is 11.7 Å². The van der Waals surface area contributed by atoms with Crippen LogP contribution in [0.5, 0.6) is 5.75 Å². The van der Waals surface area contributed by atoms with E-state index in [1.165, 1.54) is 32.5 Å². The van der Waals surface area contributed by atoms with Crippen molar-refractivity contribution in [2.45, 2.75) is 19.4 Å². The molecule has 2 N–H and O–H groups in total. The molecule has 118 valence electrons. The molecule has 1 aromatic carbocycles. The number of hydrogen-bond acceptors (Lipinski definition) is 4. The van der Waals surface area contributed by atoms with Gasteiger partial charge in [-0.1, -0.05) is 18.2 Å². The number of benzene rings is 1. The van der Waals surface area contributed by atoms with Crippen molar-refractivity contribution in [2.75, 3.05) is 46.9 Å². The topological polar surface area (TPSA) is 41.7 Å². The van der Waals surface area contributed by atoms with Crippen LogP contribution in [-0.4, -0.2) is 56.7 Å². The summed E-state index contributed by atoms with van der Waals surface area (Å²) in [6.07, 6.45) is 2.61. The number of ether oxygens (including phenoxy) is 1. The van der Waals surface area contributed by atoms with Crippen molar-refractivity contribution in [3.05, 3.63) is 29.8 Å². The summed E-state index contributed by atoms with van der Waals surface area (Å²) in [5, 5.41) is 0. The largest absolute Gasteiger partial charge is 0.492 e. The molecule has 1 aliphatic rings. The lowest BCUT2D eigenvalue weighted by Gasteiger charge is -2.33. The monoisotopic (exact) mass is 291 g/mol. The Bertz CT molecular complexity index is 414. The molecular weight excluding hydrogens is 262 g/mol. The minimum atomic E-state index is 0.534. The van der Waals surface area contributed by atoms with Gasteiger partial charge < -0.3 is 15.4 Å². The molecule has 0 aromatic heterocycles. The van der Waals surface area contributed by atoms with E-state index in [1.807, 2.05) is 24.3 Å². The number of hydrogen-bond donors (Lipinski definition) is 1. The molecule has 0 radical (unpaired) electrons. The molecule has 1 aromatic rings. The Kier molecular flexibility index (Phi) is 6.49. The van der Waals surface area contributed by atoms with Gasteiger partial charge in [-0.25, -0.2) is 0 Å². The molecule has 0 bridgehead atoms. The van der Waals surface area contributed by atoms with E-state index in [-0.39, 0.29) is 0 Å². The van der Waals surface area contributed by atoms with E-state index in [2.05, 4.69) is 23.9 Å². The summed E-state index contributed by atoms with van der Waals surface area (Å²) in [5.74, 6) is 1.79. The summed E-state index contributed by atoms with van der Waals surface area (Å²) in [6, 6.07) is 8.04. The van der Waals surface area contributed by atoms with Gasteiger partial charge in [0.2, 0.25) is 0 Å². The van der Waals surface area contributed by atoms with Crippen LogP contribution in [0.3, 0.4) is 0 Å². The summed E-state index contributed by atoms with van der Waals surface area (Å²) in [4.78, 5) is 4.81. The summed E-state index contributed by atoms with van der Waals surface area (Å²) in [7, 11) is 4.32. The molecule has 0 saturated carbocycles. The lowest BCUT2D eigenvalue weighted by Crippen LogP contribution is -2.39. The minimum absolute atomic E-state index is 0.534. The number of nitrogens with two attached hydrogens (primary N) is 1. The van der Waals surface area contributed by atoms with Gasteiger partial charge in [0.1, 0.15) is 12.4 Å². The molecule has 0 amide bonds. The van der Waals surface area contributed by atoms with Crippen LogP contribution in [0.2, 0.25) is 0 Å². The highest BCUT2D eigenvalue weighted by Gasteiger charge is 2.19. The van der Waals surface area contributed by atoms with Crippen LogP contribution in [0.15, 0.2) is 24.3 Å². The predicted molar refractivity (Wildman–Crippen MR) is 87.5 cm³/mol. The van der Waals surface area contributed by atoms with Crippen molar-refractivity contribution in [3.63, 3.8) is 0 Å². The van der Waals surface area contributed by atoms with E-state index in [4.69, 9.17) is 10.5 Å². The number of piperidine rings is 1. The van der Waals surface area contributed by atoms with Crippen LogP contribution in [0.4, 0.5) is 0 Å². The van der Waals surface area contributed by atoms with Crippen molar-refractivity contribution in [1.82, 2.24) is 9.80 Å². The molecule has 4 heteroatoms. The first-order valence-corrected chi connectivity index (χ1v) is 7.97. The van der Waals surface area contributed by atoms with Gasteiger partial charge in [0.25, 0.3) is 0 Å². The highest BCUT2D eigenvalue weighted by Crippen LogP contribution is 2.19. The van der Waals surface area contributed by atoms with Gasteiger partial charge in [0.05, 0.1) is 0 Å². The quantitative estimate of drug-likeness (QED) is 0.832. The van der Waals surface area contributed by atoms with Crippen LogP contribution in [0.25, 0.3) is 0 Å². The first kappa shape index (κ1) is 16.3. The lowest BCUT2D eigenvalue weighted by molar-refractivity contribution is 0.141. The van der Waals surface area contributed by atoms with E-state index < -0.39 is 0 Å². The number of nitrogens with zero attached hydrogens (tertiary/aromatic N) is 2. The Morgan fingerprint density at radius 1 is 1.24 bits per heavy atom. The third-order valence-corrected chi connectivity index (χ3v) is 4.19. The standard InChI is InChI=1S/C17H29N3O/c1-19(2)14-15-7-9-20(10-8-15)11-12-21-17-6-4-3-5-16(17)13-18/h3-6,15H,7-14,18H2,1-2H3. The molecule has 1 fully saturated rings. The highest BCUT2D eigenvalue weighted by molar-refractivity contribution is 5.32. The zero-order valence-electron chi connectivity index (χ0n) is 13.4. The van der Waals surface area contributed by atoms with E-state index in [9.17, 15) is 0 Å². The molecule has 4 nitrogen and oxygen atoms in total. The second-order valence-electron chi connectivity index (χ2n) is 6.21. The second-order valence-corrected chi connectivity index (χ2v) is 6.21. The second kappa shape index (κ2) is 8.37. The van der Waals surface area contributed by atoms with Crippen molar-refractivity contribution >= 4 is 0 Å². The third kappa shape index (κ3) is 5.30. The Labute approximate surface area is 128 Å². The van der Waals surface area contributed by atoms with Crippen molar-refractivity contribution in [3.8, 4) is 5.75 Å². The fourth-order valence-corrected chi connectivity index (χ4v) is 3.01. The van der Waals surface area contributed by atoms with Gasteiger partial charge in [0, 0.05) is 25.2 Å². The van der Waals surface area contributed by atoms with Gasteiger partial charge in [0.15, 0.2) is 0 Å². The molecule has 21 heavy (non-hydrogen) atoms. The van der Waals surface area contributed by atoms with Crippen LogP contribution in [-0.2, 0) is 6.54 Å².